The van der Waals surface area contributed by atoms with Crippen molar-refractivity contribution in [2.45, 2.75) is 0 Å². The van der Waals surface area contributed by atoms with Crippen LogP contribution in [0, 0.1) is 0 Å². The van der Waals surface area contributed by atoms with Crippen molar-refractivity contribution in [1.82, 2.24) is 0 Å². The van der Waals surface area contributed by atoms with E-state index < -0.39 is 0 Å². The Morgan fingerprint density at radius 3 is 1.50 bits per heavy atom. The molecule has 20 heavy (non-hydrogen) atoms. The van der Waals surface area contributed by atoms with Crippen LogP contribution in [0.25, 0.3) is 21.9 Å². The molecular formula is C16H10O4. The molecule has 0 fully saturated rings. The summed E-state index contributed by atoms with van der Waals surface area (Å²) in [5.41, 5.74) is 1.49. The van der Waals surface area contributed by atoms with Gasteiger partial charge in [0.25, 0.3) is 0 Å². The van der Waals surface area contributed by atoms with Crippen LogP contribution >= 0.6 is 0 Å². The van der Waals surface area contributed by atoms with E-state index in [1.165, 1.54) is 0 Å². The number of para-hydroxylation sites is 2. The molecule has 0 radical (unpaired) electrons. The van der Waals surface area contributed by atoms with Crippen LogP contribution < -0.4 is 9.78 Å². The highest BCUT2D eigenvalue weighted by atomic mass is 17.2. The maximum atomic E-state index is 5.47. The minimum absolute atomic E-state index is 0.284. The van der Waals surface area contributed by atoms with Crippen LogP contribution in [-0.4, -0.2) is 0 Å². The Morgan fingerprint density at radius 1 is 0.600 bits per heavy atom. The summed E-state index contributed by atoms with van der Waals surface area (Å²) in [4.78, 5) is 10.3. The summed E-state index contributed by atoms with van der Waals surface area (Å²) in [6, 6.07) is 18.8. The highest BCUT2D eigenvalue weighted by Gasteiger charge is 2.09. The average Bonchev–Trinajstić information content (AvgIpc) is 3.07. The molecule has 0 spiro atoms. The normalized spacial score (nSPS) is 11.0. The third-order valence-corrected chi connectivity index (χ3v) is 3.01. The van der Waals surface area contributed by atoms with E-state index in [1.54, 1.807) is 12.1 Å². The van der Waals surface area contributed by atoms with E-state index in [-0.39, 0.29) is 11.9 Å². The molecule has 0 unspecified atom stereocenters. The molecule has 4 aromatic rings. The smallest absolute Gasteiger partial charge is 0.336 e. The number of hydrogen-bond acceptors (Lipinski definition) is 4. The molecule has 2 heterocycles. The van der Waals surface area contributed by atoms with Crippen molar-refractivity contribution in [3.05, 3.63) is 60.7 Å². The summed E-state index contributed by atoms with van der Waals surface area (Å²) in [6.07, 6.45) is 0. The van der Waals surface area contributed by atoms with Crippen molar-refractivity contribution in [3.63, 3.8) is 0 Å². The van der Waals surface area contributed by atoms with Gasteiger partial charge in [0.15, 0.2) is 0 Å². The Bertz CT molecular complexity index is 732. The molecule has 4 heteroatoms. The second-order valence-electron chi connectivity index (χ2n) is 4.37. The zero-order valence-corrected chi connectivity index (χ0v) is 10.4. The van der Waals surface area contributed by atoms with Gasteiger partial charge in [0.05, 0.1) is 0 Å². The van der Waals surface area contributed by atoms with Crippen LogP contribution in [-0.2, 0) is 0 Å². The molecule has 0 aliphatic heterocycles. The summed E-state index contributed by atoms with van der Waals surface area (Å²) < 4.78 is 10.9. The van der Waals surface area contributed by atoms with Crippen LogP contribution in [0.1, 0.15) is 0 Å². The lowest BCUT2D eigenvalue weighted by Crippen LogP contribution is -1.97. The van der Waals surface area contributed by atoms with Crippen molar-refractivity contribution < 1.29 is 18.6 Å². The van der Waals surface area contributed by atoms with E-state index in [0.717, 1.165) is 21.9 Å². The SMILES string of the molecule is c1ccc2oc(OOc3cc4ccccc4o3)cc2c1. The van der Waals surface area contributed by atoms with Gasteiger partial charge in [-0.2, -0.15) is 0 Å². The molecule has 0 bridgehead atoms. The molecule has 0 atom stereocenters. The quantitative estimate of drug-likeness (QED) is 0.403. The first-order valence-corrected chi connectivity index (χ1v) is 6.20. The molecule has 98 valence electrons. The van der Waals surface area contributed by atoms with Crippen molar-refractivity contribution in [2.75, 3.05) is 0 Å². The first-order chi connectivity index (χ1) is 9.88. The van der Waals surface area contributed by atoms with Crippen molar-refractivity contribution in [2.24, 2.45) is 0 Å². The van der Waals surface area contributed by atoms with E-state index in [4.69, 9.17) is 18.6 Å². The van der Waals surface area contributed by atoms with E-state index in [2.05, 4.69) is 0 Å². The third-order valence-electron chi connectivity index (χ3n) is 3.01. The molecular weight excluding hydrogens is 256 g/mol. The van der Waals surface area contributed by atoms with E-state index in [1.807, 2.05) is 48.5 Å². The van der Waals surface area contributed by atoms with E-state index in [0.29, 0.717) is 0 Å². The average molecular weight is 266 g/mol. The number of fused-ring (bicyclic) bond motifs is 2. The Hall–Kier alpha value is -2.88. The maximum absolute atomic E-state index is 5.47. The minimum atomic E-state index is 0.284. The molecule has 0 saturated carbocycles. The summed E-state index contributed by atoms with van der Waals surface area (Å²) in [5, 5.41) is 1.91. The molecule has 0 aliphatic carbocycles. The van der Waals surface area contributed by atoms with Crippen molar-refractivity contribution in [3.8, 4) is 11.9 Å². The number of hydrogen-bond donors (Lipinski definition) is 0. The highest BCUT2D eigenvalue weighted by Crippen LogP contribution is 2.27. The first-order valence-electron chi connectivity index (χ1n) is 6.20. The number of rotatable bonds is 3. The first kappa shape index (κ1) is 11.0. The molecule has 0 amide bonds. The molecule has 4 nitrogen and oxygen atoms in total. The van der Waals surface area contributed by atoms with E-state index in [9.17, 15) is 0 Å². The van der Waals surface area contributed by atoms with Gasteiger partial charge < -0.3 is 8.83 Å². The summed E-state index contributed by atoms with van der Waals surface area (Å²) in [5.74, 6) is 0.568. The summed E-state index contributed by atoms with van der Waals surface area (Å²) >= 11 is 0. The number of benzene rings is 2. The van der Waals surface area contributed by atoms with E-state index >= 15 is 0 Å². The van der Waals surface area contributed by atoms with Crippen molar-refractivity contribution >= 4 is 21.9 Å². The van der Waals surface area contributed by atoms with Crippen LogP contribution in [0.3, 0.4) is 0 Å². The van der Waals surface area contributed by atoms with Gasteiger partial charge in [-0.05, 0) is 12.1 Å². The lowest BCUT2D eigenvalue weighted by molar-refractivity contribution is -0.133. The van der Waals surface area contributed by atoms with Crippen LogP contribution in [0.2, 0.25) is 0 Å². The predicted octanol–water partition coefficient (Wildman–Crippen LogP) is 4.55. The second-order valence-corrected chi connectivity index (χ2v) is 4.37. The highest BCUT2D eigenvalue weighted by molar-refractivity contribution is 5.79. The van der Waals surface area contributed by atoms with Gasteiger partial charge in [-0.3, -0.25) is 0 Å². The topological polar surface area (TPSA) is 44.7 Å². The van der Waals surface area contributed by atoms with Gasteiger partial charge in [-0.1, -0.05) is 36.4 Å². The largest absolute Gasteiger partial charge is 0.423 e. The van der Waals surface area contributed by atoms with Crippen LogP contribution in [0.15, 0.2) is 69.5 Å². The third kappa shape index (κ3) is 1.87. The van der Waals surface area contributed by atoms with Gasteiger partial charge in [-0.25, -0.2) is 9.78 Å². The van der Waals surface area contributed by atoms with Gasteiger partial charge in [0, 0.05) is 22.9 Å². The lowest BCUT2D eigenvalue weighted by Gasteiger charge is -1.97. The van der Waals surface area contributed by atoms with Gasteiger partial charge in [0.2, 0.25) is 0 Å². The van der Waals surface area contributed by atoms with Crippen molar-refractivity contribution in [1.29, 1.82) is 0 Å². The van der Waals surface area contributed by atoms with Gasteiger partial charge >= 0.3 is 11.9 Å². The number of furan rings is 2. The maximum Gasteiger partial charge on any atom is 0.336 e. The van der Waals surface area contributed by atoms with Gasteiger partial charge in [-0.15, -0.1) is 0 Å². The fourth-order valence-corrected chi connectivity index (χ4v) is 2.08. The fraction of sp³-hybridized carbons (Fsp3) is 0. The molecule has 0 N–H and O–H groups in total. The zero-order chi connectivity index (χ0) is 13.4. The Morgan fingerprint density at radius 2 is 1.05 bits per heavy atom. The standard InChI is InChI=1S/C16H10O4/c1-3-7-13-11(5-1)9-15(17-13)19-20-16-10-12-6-2-4-8-14(12)18-16/h1-10H. The summed E-state index contributed by atoms with van der Waals surface area (Å²) in [7, 11) is 0. The molecule has 0 saturated heterocycles. The summed E-state index contributed by atoms with van der Waals surface area (Å²) in [6.45, 7) is 0. The minimum Gasteiger partial charge on any atom is -0.423 e. The van der Waals surface area contributed by atoms with Crippen LogP contribution in [0.4, 0.5) is 0 Å². The fourth-order valence-electron chi connectivity index (χ4n) is 2.08. The zero-order valence-electron chi connectivity index (χ0n) is 10.4. The predicted molar refractivity (Wildman–Crippen MR) is 73.7 cm³/mol. The van der Waals surface area contributed by atoms with Crippen LogP contribution in [0.5, 0.6) is 11.9 Å². The monoisotopic (exact) mass is 266 g/mol. The second kappa shape index (κ2) is 4.35. The molecule has 0 aliphatic rings. The Labute approximate surface area is 114 Å². The Balaban J connectivity index is 1.57. The Kier molecular flexibility index (Phi) is 2.39. The molecule has 2 aromatic carbocycles. The molecule has 2 aromatic heterocycles. The lowest BCUT2D eigenvalue weighted by atomic mass is 10.3. The molecule has 4 rings (SSSR count). The van der Waals surface area contributed by atoms with Gasteiger partial charge in [0.1, 0.15) is 11.2 Å².